The van der Waals surface area contributed by atoms with Gasteiger partial charge in [-0.2, -0.15) is 0 Å². The molecule has 0 saturated heterocycles. The van der Waals surface area contributed by atoms with E-state index in [2.05, 4.69) is 25.3 Å². The minimum absolute atomic E-state index is 0.0506. The van der Waals surface area contributed by atoms with Gasteiger partial charge in [0.25, 0.3) is 17.7 Å². The summed E-state index contributed by atoms with van der Waals surface area (Å²) in [6.45, 7) is 2.97. The third-order valence-electron chi connectivity index (χ3n) is 3.58. The van der Waals surface area contributed by atoms with E-state index >= 15 is 0 Å². The number of ether oxygens (including phenoxy) is 1. The Morgan fingerprint density at radius 2 is 1.97 bits per heavy atom. The van der Waals surface area contributed by atoms with Crippen LogP contribution in [0.15, 0.2) is 24.4 Å². The second kappa shape index (κ2) is 9.35. The van der Waals surface area contributed by atoms with E-state index in [1.54, 1.807) is 13.8 Å². The molecule has 0 aromatic carbocycles. The van der Waals surface area contributed by atoms with Crippen molar-refractivity contribution in [1.29, 1.82) is 0 Å². The molecule has 0 aliphatic rings. The standard InChI is InChI=1S/C19H21F3N4O3/c1-4-16(27)26-15-7-13(5-11(2)25-15)17(28)23-8-12-6-14(20)18(24-9-12)29-10-19(3,21)22/h5-7,9H,4,8,10H2,1-3H3,(H,23,28)(H,25,26,27). The Kier molecular flexibility index (Phi) is 7.13. The number of hydrogen-bond acceptors (Lipinski definition) is 5. The minimum atomic E-state index is -3.11. The maximum Gasteiger partial charge on any atom is 0.278 e. The quantitative estimate of drug-likeness (QED) is 0.697. The summed E-state index contributed by atoms with van der Waals surface area (Å²) in [5.74, 6) is -5.01. The average Bonchev–Trinajstić information content (AvgIpc) is 2.64. The Labute approximate surface area is 165 Å². The molecule has 2 N–H and O–H groups in total. The van der Waals surface area contributed by atoms with Gasteiger partial charge in [0.1, 0.15) is 5.82 Å². The van der Waals surface area contributed by atoms with Crippen molar-refractivity contribution < 1.29 is 27.5 Å². The fraction of sp³-hybridized carbons (Fsp3) is 0.368. The fourth-order valence-electron chi connectivity index (χ4n) is 2.24. The second-order valence-corrected chi connectivity index (χ2v) is 6.46. The molecule has 0 aliphatic carbocycles. The first-order valence-corrected chi connectivity index (χ1v) is 8.79. The number of hydrogen-bond donors (Lipinski definition) is 2. The molecule has 2 heterocycles. The molecule has 0 spiro atoms. The Hall–Kier alpha value is -3.17. The van der Waals surface area contributed by atoms with Crippen LogP contribution in [0.4, 0.5) is 19.0 Å². The molecule has 0 radical (unpaired) electrons. The maximum atomic E-state index is 13.9. The zero-order chi connectivity index (χ0) is 21.6. The zero-order valence-electron chi connectivity index (χ0n) is 16.2. The van der Waals surface area contributed by atoms with Crippen molar-refractivity contribution in [3.05, 3.63) is 47.0 Å². The molecule has 0 bridgehead atoms. The highest BCUT2D eigenvalue weighted by Crippen LogP contribution is 2.19. The Morgan fingerprint density at radius 1 is 1.24 bits per heavy atom. The van der Waals surface area contributed by atoms with Crippen molar-refractivity contribution in [3.63, 3.8) is 0 Å². The van der Waals surface area contributed by atoms with Crippen LogP contribution < -0.4 is 15.4 Å². The summed E-state index contributed by atoms with van der Waals surface area (Å²) in [4.78, 5) is 31.7. The number of pyridine rings is 2. The van der Waals surface area contributed by atoms with Crippen LogP contribution in [-0.2, 0) is 11.3 Å². The lowest BCUT2D eigenvalue weighted by Gasteiger charge is -2.12. The van der Waals surface area contributed by atoms with Gasteiger partial charge in [-0.1, -0.05) is 6.92 Å². The van der Waals surface area contributed by atoms with Gasteiger partial charge < -0.3 is 15.4 Å². The van der Waals surface area contributed by atoms with Gasteiger partial charge in [0.2, 0.25) is 5.91 Å². The van der Waals surface area contributed by atoms with Crippen LogP contribution in [0, 0.1) is 12.7 Å². The van der Waals surface area contributed by atoms with Gasteiger partial charge in [-0.05, 0) is 30.7 Å². The number of anilines is 1. The van der Waals surface area contributed by atoms with E-state index < -0.39 is 30.1 Å². The lowest BCUT2D eigenvalue weighted by atomic mass is 10.2. The number of carbonyl (C=O) groups is 2. The number of nitrogens with zero attached hydrogens (tertiary/aromatic N) is 2. The molecule has 156 valence electrons. The van der Waals surface area contributed by atoms with Crippen LogP contribution in [0.1, 0.15) is 41.9 Å². The molecule has 2 aromatic heterocycles. The number of halogens is 3. The molecule has 2 amide bonds. The first-order valence-electron chi connectivity index (χ1n) is 8.79. The zero-order valence-corrected chi connectivity index (χ0v) is 16.2. The SMILES string of the molecule is CCC(=O)Nc1cc(C(=O)NCc2cnc(OCC(C)(F)F)c(F)c2)cc(C)n1. The topological polar surface area (TPSA) is 93.2 Å². The van der Waals surface area contributed by atoms with Crippen LogP contribution >= 0.6 is 0 Å². The highest BCUT2D eigenvalue weighted by Gasteiger charge is 2.23. The van der Waals surface area contributed by atoms with Gasteiger partial charge in [-0.15, -0.1) is 0 Å². The highest BCUT2D eigenvalue weighted by molar-refractivity contribution is 5.96. The Balaban J connectivity index is 2.02. The van der Waals surface area contributed by atoms with Crippen LogP contribution in [0.5, 0.6) is 5.88 Å². The molecule has 0 aliphatic heterocycles. The van der Waals surface area contributed by atoms with Gasteiger partial charge in [0.05, 0.1) is 0 Å². The third-order valence-corrected chi connectivity index (χ3v) is 3.58. The number of aryl methyl sites for hydroxylation is 1. The summed E-state index contributed by atoms with van der Waals surface area (Å²) in [5, 5.41) is 5.17. The first kappa shape index (κ1) is 22.1. The van der Waals surface area contributed by atoms with E-state index in [1.807, 2.05) is 0 Å². The largest absolute Gasteiger partial charge is 0.469 e. The number of nitrogens with one attached hydrogen (secondary N) is 2. The fourth-order valence-corrected chi connectivity index (χ4v) is 2.24. The predicted molar refractivity (Wildman–Crippen MR) is 99.4 cm³/mol. The van der Waals surface area contributed by atoms with Crippen molar-refractivity contribution >= 4 is 17.6 Å². The Bertz CT molecular complexity index is 901. The average molecular weight is 410 g/mol. The van der Waals surface area contributed by atoms with Gasteiger partial charge in [-0.3, -0.25) is 9.59 Å². The smallest absolute Gasteiger partial charge is 0.278 e. The summed E-state index contributed by atoms with van der Waals surface area (Å²) in [6, 6.07) is 4.01. The van der Waals surface area contributed by atoms with Crippen molar-refractivity contribution in [2.75, 3.05) is 11.9 Å². The van der Waals surface area contributed by atoms with Crippen molar-refractivity contribution in [2.45, 2.75) is 39.7 Å². The number of rotatable bonds is 8. The molecule has 7 nitrogen and oxygen atoms in total. The lowest BCUT2D eigenvalue weighted by Crippen LogP contribution is -2.24. The molecule has 10 heteroatoms. The van der Waals surface area contributed by atoms with E-state index in [-0.39, 0.29) is 30.3 Å². The molecule has 29 heavy (non-hydrogen) atoms. The number of amides is 2. The van der Waals surface area contributed by atoms with Crippen molar-refractivity contribution in [2.24, 2.45) is 0 Å². The molecular formula is C19H21F3N4O3. The van der Waals surface area contributed by atoms with Crippen LogP contribution in [0.25, 0.3) is 0 Å². The molecule has 0 unspecified atom stereocenters. The number of carbonyl (C=O) groups excluding carboxylic acids is 2. The van der Waals surface area contributed by atoms with Crippen LogP contribution in [0.2, 0.25) is 0 Å². The first-order chi connectivity index (χ1) is 13.6. The molecule has 0 fully saturated rings. The van der Waals surface area contributed by atoms with Crippen molar-refractivity contribution in [3.8, 4) is 5.88 Å². The highest BCUT2D eigenvalue weighted by atomic mass is 19.3. The summed E-state index contributed by atoms with van der Waals surface area (Å²) in [5.41, 5.74) is 1.12. The molecule has 2 rings (SSSR count). The minimum Gasteiger partial charge on any atom is -0.469 e. The predicted octanol–water partition coefficient (Wildman–Crippen LogP) is 3.24. The second-order valence-electron chi connectivity index (χ2n) is 6.46. The van der Waals surface area contributed by atoms with E-state index in [0.717, 1.165) is 6.07 Å². The van der Waals surface area contributed by atoms with Gasteiger partial charge >= 0.3 is 0 Å². The molecule has 0 saturated carbocycles. The van der Waals surface area contributed by atoms with E-state index in [1.165, 1.54) is 18.3 Å². The number of aromatic nitrogens is 2. The summed E-state index contributed by atoms with van der Waals surface area (Å²) in [7, 11) is 0. The van der Waals surface area contributed by atoms with Crippen LogP contribution in [-0.4, -0.2) is 34.3 Å². The summed E-state index contributed by atoms with van der Waals surface area (Å²) < 4.78 is 44.2. The lowest BCUT2D eigenvalue weighted by molar-refractivity contribution is -0.115. The third kappa shape index (κ3) is 7.05. The maximum absolute atomic E-state index is 13.9. The molecule has 2 aromatic rings. The van der Waals surface area contributed by atoms with Crippen LogP contribution in [0.3, 0.4) is 0 Å². The monoisotopic (exact) mass is 410 g/mol. The molecular weight excluding hydrogens is 389 g/mol. The van der Waals surface area contributed by atoms with Gasteiger partial charge in [0, 0.05) is 37.3 Å². The summed E-state index contributed by atoms with van der Waals surface area (Å²) in [6.07, 6.45) is 1.49. The normalized spacial score (nSPS) is 11.1. The molecule has 0 atom stereocenters. The van der Waals surface area contributed by atoms with E-state index in [4.69, 9.17) is 0 Å². The van der Waals surface area contributed by atoms with E-state index in [9.17, 15) is 22.8 Å². The Morgan fingerprint density at radius 3 is 2.59 bits per heavy atom. The number of alkyl halides is 2. The van der Waals surface area contributed by atoms with Gasteiger partial charge in [0.15, 0.2) is 12.4 Å². The van der Waals surface area contributed by atoms with E-state index in [0.29, 0.717) is 18.2 Å². The van der Waals surface area contributed by atoms with Crippen molar-refractivity contribution in [1.82, 2.24) is 15.3 Å². The van der Waals surface area contributed by atoms with Gasteiger partial charge in [-0.25, -0.2) is 23.1 Å². The summed E-state index contributed by atoms with van der Waals surface area (Å²) >= 11 is 0.